The predicted octanol–water partition coefficient (Wildman–Crippen LogP) is 4.26. The van der Waals surface area contributed by atoms with Crippen LogP contribution in [0.15, 0.2) is 54.7 Å². The minimum atomic E-state index is -0.514. The minimum absolute atomic E-state index is 0.0863. The molecule has 0 unspecified atom stereocenters. The lowest BCUT2D eigenvalue weighted by Crippen LogP contribution is -2.27. The van der Waals surface area contributed by atoms with Gasteiger partial charge in [-0.3, -0.25) is 0 Å². The first kappa shape index (κ1) is 32.1. The van der Waals surface area contributed by atoms with Gasteiger partial charge in [-0.15, -0.1) is 0 Å². The number of methoxy groups -OCH3 is 1. The first-order valence-electron chi connectivity index (χ1n) is 13.7. The van der Waals surface area contributed by atoms with Gasteiger partial charge in [0.1, 0.15) is 24.6 Å². The number of esters is 2. The third-order valence-corrected chi connectivity index (χ3v) is 5.72. The Balaban J connectivity index is 1.20. The molecule has 0 amide bonds. The van der Waals surface area contributed by atoms with Crippen LogP contribution in [0.5, 0.6) is 5.75 Å². The summed E-state index contributed by atoms with van der Waals surface area (Å²) in [5.74, 6) is 0.0336. The van der Waals surface area contributed by atoms with E-state index in [4.69, 9.17) is 33.2 Å². The molecule has 10 nitrogen and oxygen atoms in total. The zero-order valence-corrected chi connectivity index (χ0v) is 24.4. The van der Waals surface area contributed by atoms with E-state index in [0.29, 0.717) is 65.0 Å². The number of nitrogens with zero attached hydrogens (tertiary/aromatic N) is 1. The van der Waals surface area contributed by atoms with Gasteiger partial charge in [0.2, 0.25) is 0 Å². The Bertz CT molecular complexity index is 1210. The fourth-order valence-electron chi connectivity index (χ4n) is 3.86. The average Bonchev–Trinajstić information content (AvgIpc) is 3.34. The Morgan fingerprint density at radius 3 is 1.98 bits per heavy atom. The number of benzene rings is 2. The molecule has 1 heterocycles. The largest absolute Gasteiger partial charge is 0.491 e. The Morgan fingerprint density at radius 1 is 0.756 bits per heavy atom. The summed E-state index contributed by atoms with van der Waals surface area (Å²) in [5.41, 5.74) is 2.11. The molecule has 0 fully saturated rings. The molecule has 0 saturated carbocycles. The molecule has 0 N–H and O–H groups in total. The summed E-state index contributed by atoms with van der Waals surface area (Å²) in [6.45, 7) is 9.41. The maximum absolute atomic E-state index is 11.9. The number of fused-ring (bicyclic) bond motifs is 1. The molecule has 0 aliphatic heterocycles. The number of rotatable bonds is 18. The maximum atomic E-state index is 11.9. The molecule has 2 aromatic carbocycles. The van der Waals surface area contributed by atoms with Crippen molar-refractivity contribution in [1.82, 2.24) is 4.57 Å². The fourth-order valence-corrected chi connectivity index (χ4v) is 3.86. The first-order valence-corrected chi connectivity index (χ1v) is 13.7. The van der Waals surface area contributed by atoms with Crippen LogP contribution in [0.25, 0.3) is 10.9 Å². The molecule has 0 aliphatic rings. The van der Waals surface area contributed by atoms with Crippen molar-refractivity contribution in [2.45, 2.75) is 32.9 Å². The average molecular weight is 572 g/mol. The highest BCUT2D eigenvalue weighted by molar-refractivity contribution is 5.94. The molecule has 0 atom stereocenters. The minimum Gasteiger partial charge on any atom is -0.491 e. The van der Waals surface area contributed by atoms with Crippen LogP contribution < -0.4 is 4.74 Å². The van der Waals surface area contributed by atoms with Gasteiger partial charge in [-0.1, -0.05) is 18.2 Å². The summed E-state index contributed by atoms with van der Waals surface area (Å²) in [4.78, 5) is 23.4. The second kappa shape index (κ2) is 16.7. The van der Waals surface area contributed by atoms with Crippen LogP contribution in [-0.2, 0) is 39.8 Å². The van der Waals surface area contributed by atoms with Crippen molar-refractivity contribution in [1.29, 1.82) is 0 Å². The molecule has 0 saturated heterocycles. The molecule has 0 radical (unpaired) electrons. The Kier molecular flexibility index (Phi) is 13.1. The molecule has 10 heteroatoms. The van der Waals surface area contributed by atoms with Gasteiger partial charge < -0.3 is 37.7 Å². The van der Waals surface area contributed by atoms with E-state index in [1.165, 1.54) is 7.11 Å². The van der Waals surface area contributed by atoms with E-state index < -0.39 is 5.60 Å². The van der Waals surface area contributed by atoms with Gasteiger partial charge in [0.05, 0.1) is 58.9 Å². The Morgan fingerprint density at radius 2 is 1.37 bits per heavy atom. The van der Waals surface area contributed by atoms with Gasteiger partial charge in [0.15, 0.2) is 0 Å². The van der Waals surface area contributed by atoms with E-state index in [9.17, 15) is 9.59 Å². The van der Waals surface area contributed by atoms with Crippen molar-refractivity contribution < 1.29 is 42.7 Å². The molecule has 3 aromatic rings. The summed E-state index contributed by atoms with van der Waals surface area (Å²) in [6, 6.07) is 15.5. The maximum Gasteiger partial charge on any atom is 0.337 e. The van der Waals surface area contributed by atoms with Gasteiger partial charge >= 0.3 is 11.9 Å². The number of hydrogen-bond acceptors (Lipinski definition) is 9. The highest BCUT2D eigenvalue weighted by atomic mass is 16.6. The van der Waals surface area contributed by atoms with Crippen molar-refractivity contribution in [3.63, 3.8) is 0 Å². The lowest BCUT2D eigenvalue weighted by molar-refractivity contribution is -0.160. The zero-order chi connectivity index (χ0) is 29.5. The first-order chi connectivity index (χ1) is 19.7. The molecule has 41 heavy (non-hydrogen) atoms. The second-order valence-electron chi connectivity index (χ2n) is 10.2. The topological polar surface area (TPSA) is 104 Å². The number of hydrogen-bond donors (Lipinski definition) is 0. The van der Waals surface area contributed by atoms with Gasteiger partial charge in [-0.05, 0) is 62.1 Å². The summed E-state index contributed by atoms with van der Waals surface area (Å²) < 4.78 is 39.5. The van der Waals surface area contributed by atoms with Gasteiger partial charge in [-0.25, -0.2) is 9.59 Å². The van der Waals surface area contributed by atoms with Crippen LogP contribution in [-0.4, -0.2) is 88.7 Å². The lowest BCUT2D eigenvalue weighted by atomic mass is 10.1. The van der Waals surface area contributed by atoms with Crippen LogP contribution in [0.2, 0.25) is 0 Å². The van der Waals surface area contributed by atoms with Crippen molar-refractivity contribution in [2.75, 3.05) is 66.6 Å². The molecule has 0 spiro atoms. The number of ether oxygens (including phenoxy) is 7. The number of aromatic nitrogens is 1. The van der Waals surface area contributed by atoms with E-state index in [-0.39, 0.29) is 18.5 Å². The molecule has 1 aromatic heterocycles. The van der Waals surface area contributed by atoms with Crippen LogP contribution >= 0.6 is 0 Å². The van der Waals surface area contributed by atoms with E-state index in [2.05, 4.69) is 4.57 Å². The molecular weight excluding hydrogens is 530 g/mol. The standard InChI is InChI=1S/C31H41NO9/c1-31(2,3)41-29(33)23-39-18-17-37-14-13-36-15-16-38-19-20-40-27-9-5-24(6-10-27)22-32-12-11-25-7-8-26(21-28(25)32)30(34)35-4/h5-12,21H,13-20,22-23H2,1-4H3. The molecule has 224 valence electrons. The third-order valence-electron chi connectivity index (χ3n) is 5.72. The summed E-state index contributed by atoms with van der Waals surface area (Å²) in [7, 11) is 1.38. The number of carbonyl (C=O) groups excluding carboxylic acids is 2. The van der Waals surface area contributed by atoms with Gasteiger partial charge in [-0.2, -0.15) is 0 Å². The van der Waals surface area contributed by atoms with E-state index in [1.54, 1.807) is 6.07 Å². The highest BCUT2D eigenvalue weighted by Gasteiger charge is 2.16. The number of carbonyl (C=O) groups is 2. The van der Waals surface area contributed by atoms with Crippen LogP contribution in [0.3, 0.4) is 0 Å². The van der Waals surface area contributed by atoms with Gasteiger partial charge in [0.25, 0.3) is 0 Å². The van der Waals surface area contributed by atoms with Gasteiger partial charge in [0, 0.05) is 18.3 Å². The lowest BCUT2D eigenvalue weighted by Gasteiger charge is -2.19. The predicted molar refractivity (Wildman–Crippen MR) is 153 cm³/mol. The van der Waals surface area contributed by atoms with Crippen molar-refractivity contribution in [2.24, 2.45) is 0 Å². The van der Waals surface area contributed by atoms with Crippen molar-refractivity contribution >= 4 is 22.8 Å². The summed E-state index contributed by atoms with van der Waals surface area (Å²) in [6.07, 6.45) is 2.01. The summed E-state index contributed by atoms with van der Waals surface area (Å²) in [5, 5.41) is 1.07. The SMILES string of the molecule is COC(=O)c1ccc2ccn(Cc3ccc(OCCOCCOCCOCCOCC(=O)OC(C)(C)C)cc3)c2c1. The Labute approximate surface area is 241 Å². The molecular formula is C31H41NO9. The van der Waals surface area contributed by atoms with Crippen LogP contribution in [0, 0.1) is 0 Å². The van der Waals surface area contributed by atoms with Crippen molar-refractivity contribution in [3.05, 3.63) is 65.9 Å². The molecule has 3 rings (SSSR count). The van der Waals surface area contributed by atoms with Crippen LogP contribution in [0.4, 0.5) is 0 Å². The quantitative estimate of drug-likeness (QED) is 0.164. The summed E-state index contributed by atoms with van der Waals surface area (Å²) >= 11 is 0. The third kappa shape index (κ3) is 11.9. The fraction of sp³-hybridized carbons (Fsp3) is 0.484. The normalized spacial score (nSPS) is 11.5. The Hall–Kier alpha value is -3.44. The van der Waals surface area contributed by atoms with E-state index in [0.717, 1.165) is 22.2 Å². The van der Waals surface area contributed by atoms with E-state index in [1.807, 2.05) is 69.4 Å². The monoisotopic (exact) mass is 571 g/mol. The highest BCUT2D eigenvalue weighted by Crippen LogP contribution is 2.21. The van der Waals surface area contributed by atoms with Crippen molar-refractivity contribution in [3.8, 4) is 5.75 Å². The van der Waals surface area contributed by atoms with E-state index >= 15 is 0 Å². The van der Waals surface area contributed by atoms with Crippen LogP contribution in [0.1, 0.15) is 36.7 Å². The molecule has 0 bridgehead atoms. The smallest absolute Gasteiger partial charge is 0.337 e. The second-order valence-corrected chi connectivity index (χ2v) is 10.2. The zero-order valence-electron chi connectivity index (χ0n) is 24.4. The molecule has 0 aliphatic carbocycles.